The molecule has 5 N–H and O–H groups in total. The lowest BCUT2D eigenvalue weighted by molar-refractivity contribution is -0.134. The zero-order valence-electron chi connectivity index (χ0n) is 24.0. The molecule has 15 heteroatoms. The van der Waals surface area contributed by atoms with E-state index in [1.807, 2.05) is 11.0 Å². The number of nitrogens with one attached hydrogen (secondary N) is 1. The van der Waals surface area contributed by atoms with E-state index in [0.717, 1.165) is 50.3 Å². The summed E-state index contributed by atoms with van der Waals surface area (Å²) in [5.41, 5.74) is 3.33. The highest BCUT2D eigenvalue weighted by Crippen LogP contribution is 2.25. The summed E-state index contributed by atoms with van der Waals surface area (Å²) in [6.07, 6.45) is 3.16. The minimum Gasteiger partial charge on any atom is -0.478 e. The summed E-state index contributed by atoms with van der Waals surface area (Å²) >= 11 is 0. The molecule has 2 aliphatic rings. The number of carboxylic acids is 4. The summed E-state index contributed by atoms with van der Waals surface area (Å²) < 4.78 is 13.4. The summed E-state index contributed by atoms with van der Waals surface area (Å²) in [6, 6.07) is 13.1. The molecule has 2 aliphatic heterocycles. The third kappa shape index (κ3) is 10.9. The van der Waals surface area contributed by atoms with Crippen LogP contribution in [-0.4, -0.2) is 109 Å². The molecular formula is C30H32FN5O9. The van der Waals surface area contributed by atoms with Crippen molar-refractivity contribution in [2.24, 2.45) is 0 Å². The summed E-state index contributed by atoms with van der Waals surface area (Å²) in [4.78, 5) is 57.4. The number of aromatic nitrogens is 2. The second-order valence-corrected chi connectivity index (χ2v) is 9.85. The van der Waals surface area contributed by atoms with E-state index in [0.29, 0.717) is 42.9 Å². The van der Waals surface area contributed by atoms with Gasteiger partial charge in [0.05, 0.1) is 12.1 Å². The monoisotopic (exact) mass is 625 g/mol. The average Bonchev–Trinajstić information content (AvgIpc) is 3.43. The predicted molar refractivity (Wildman–Crippen MR) is 159 cm³/mol. The maximum absolute atomic E-state index is 13.4. The van der Waals surface area contributed by atoms with E-state index in [2.05, 4.69) is 38.2 Å². The van der Waals surface area contributed by atoms with Crippen molar-refractivity contribution in [1.82, 2.24) is 20.0 Å². The van der Waals surface area contributed by atoms with Gasteiger partial charge in [-0.2, -0.15) is 5.10 Å². The van der Waals surface area contributed by atoms with Crippen molar-refractivity contribution in [3.8, 4) is 0 Å². The second kappa shape index (κ2) is 16.3. The van der Waals surface area contributed by atoms with Crippen molar-refractivity contribution in [3.63, 3.8) is 0 Å². The normalized spacial score (nSPS) is 14.7. The molecule has 238 valence electrons. The smallest absolute Gasteiger partial charge is 0.328 e. The lowest BCUT2D eigenvalue weighted by Gasteiger charge is -2.36. The van der Waals surface area contributed by atoms with Crippen LogP contribution in [0.3, 0.4) is 0 Å². The quantitative estimate of drug-likeness (QED) is 0.239. The van der Waals surface area contributed by atoms with Crippen molar-refractivity contribution in [2.45, 2.75) is 13.0 Å². The van der Waals surface area contributed by atoms with Gasteiger partial charge in [0.1, 0.15) is 5.82 Å². The molecule has 45 heavy (non-hydrogen) atoms. The first kappa shape index (κ1) is 33.9. The van der Waals surface area contributed by atoms with Gasteiger partial charge in [-0.1, -0.05) is 24.3 Å². The number of hydrogen-bond donors (Lipinski definition) is 5. The number of piperazine rings is 1. The number of carbonyl (C=O) groups excluding carboxylic acids is 1. The van der Waals surface area contributed by atoms with Gasteiger partial charge in [0, 0.05) is 69.0 Å². The lowest BCUT2D eigenvalue weighted by Crippen LogP contribution is -2.50. The highest BCUT2D eigenvalue weighted by atomic mass is 19.1. The van der Waals surface area contributed by atoms with E-state index < -0.39 is 23.9 Å². The first-order valence-electron chi connectivity index (χ1n) is 13.7. The predicted octanol–water partition coefficient (Wildman–Crippen LogP) is 1.83. The topological polar surface area (TPSA) is 205 Å². The van der Waals surface area contributed by atoms with Gasteiger partial charge < -0.3 is 30.2 Å². The van der Waals surface area contributed by atoms with Gasteiger partial charge in [-0.15, -0.1) is 0 Å². The fourth-order valence-corrected chi connectivity index (χ4v) is 4.62. The van der Waals surface area contributed by atoms with Gasteiger partial charge in [0.2, 0.25) is 5.91 Å². The van der Waals surface area contributed by atoms with E-state index >= 15 is 0 Å². The minimum atomic E-state index is -1.26. The van der Waals surface area contributed by atoms with Crippen LogP contribution < -0.4 is 4.90 Å². The largest absolute Gasteiger partial charge is 0.478 e. The zero-order valence-corrected chi connectivity index (χ0v) is 24.0. The molecule has 0 saturated carbocycles. The Morgan fingerprint density at radius 1 is 0.778 bits per heavy atom. The van der Waals surface area contributed by atoms with Gasteiger partial charge in [0.25, 0.3) is 0 Å². The number of hydrogen-bond acceptors (Lipinski definition) is 8. The van der Waals surface area contributed by atoms with Gasteiger partial charge in [0.15, 0.2) is 5.82 Å². The van der Waals surface area contributed by atoms with E-state index in [4.69, 9.17) is 20.4 Å². The average molecular weight is 626 g/mol. The molecular weight excluding hydrogens is 593 g/mol. The zero-order chi connectivity index (χ0) is 32.9. The van der Waals surface area contributed by atoms with Crippen molar-refractivity contribution in [1.29, 1.82) is 0 Å². The number of nitrogens with zero attached hydrogens (tertiary/aromatic N) is 4. The van der Waals surface area contributed by atoms with Crippen molar-refractivity contribution in [3.05, 3.63) is 83.7 Å². The fourth-order valence-electron chi connectivity index (χ4n) is 4.62. The molecule has 1 fully saturated rings. The van der Waals surface area contributed by atoms with Crippen molar-refractivity contribution < 1.29 is 48.8 Å². The molecule has 1 saturated heterocycles. The Labute approximate surface area is 256 Å². The molecule has 0 radical (unpaired) electrons. The maximum Gasteiger partial charge on any atom is 0.328 e. The Balaban J connectivity index is 0.000000287. The molecule has 2 aromatic carbocycles. The number of aliphatic carboxylic acids is 4. The number of fused-ring (bicyclic) bond motifs is 2. The number of amides is 1. The molecule has 1 aromatic heterocycles. The number of rotatable bonds is 7. The van der Waals surface area contributed by atoms with E-state index in [1.54, 1.807) is 6.07 Å². The molecule has 5 rings (SSSR count). The first-order valence-corrected chi connectivity index (χ1v) is 13.7. The number of benzene rings is 2. The van der Waals surface area contributed by atoms with Crippen LogP contribution in [-0.2, 0) is 36.9 Å². The Bertz CT molecular complexity index is 1530. The minimum absolute atomic E-state index is 0.202. The van der Waals surface area contributed by atoms with Gasteiger partial charge in [-0.25, -0.2) is 23.6 Å². The molecule has 0 unspecified atom stereocenters. The van der Waals surface area contributed by atoms with E-state index in [9.17, 15) is 28.4 Å². The Morgan fingerprint density at radius 3 is 1.89 bits per heavy atom. The number of carboxylic acid groups (broad SMARTS) is 4. The van der Waals surface area contributed by atoms with Crippen LogP contribution in [0.5, 0.6) is 0 Å². The lowest BCUT2D eigenvalue weighted by atomic mass is 10.00. The maximum atomic E-state index is 13.4. The van der Waals surface area contributed by atoms with Crippen molar-refractivity contribution in [2.75, 3.05) is 44.2 Å². The van der Waals surface area contributed by atoms with Crippen LogP contribution >= 0.6 is 0 Å². The summed E-state index contributed by atoms with van der Waals surface area (Å²) in [5.74, 6) is -4.23. The Kier molecular flexibility index (Phi) is 12.3. The van der Waals surface area contributed by atoms with Crippen LogP contribution in [0.1, 0.15) is 11.1 Å². The molecule has 3 aromatic rings. The first-order chi connectivity index (χ1) is 21.4. The third-order valence-corrected chi connectivity index (χ3v) is 6.76. The number of halogens is 1. The van der Waals surface area contributed by atoms with Crippen LogP contribution in [0.4, 0.5) is 10.2 Å². The van der Waals surface area contributed by atoms with Crippen LogP contribution in [0.2, 0.25) is 0 Å². The van der Waals surface area contributed by atoms with Crippen LogP contribution in [0, 0.1) is 5.82 Å². The summed E-state index contributed by atoms with van der Waals surface area (Å²) in [5, 5.41) is 39.5. The Morgan fingerprint density at radius 2 is 1.33 bits per heavy atom. The fraction of sp³-hybridized carbons (Fsp3) is 0.267. The highest BCUT2D eigenvalue weighted by Gasteiger charge is 2.25. The summed E-state index contributed by atoms with van der Waals surface area (Å²) in [6.45, 7) is 5.19. The van der Waals surface area contributed by atoms with E-state index in [1.165, 1.54) is 23.3 Å². The van der Waals surface area contributed by atoms with Gasteiger partial charge >= 0.3 is 23.9 Å². The van der Waals surface area contributed by atoms with Gasteiger partial charge in [-0.3, -0.25) is 14.8 Å². The summed E-state index contributed by atoms with van der Waals surface area (Å²) in [7, 11) is 0. The molecule has 0 bridgehead atoms. The Hall–Kier alpha value is -5.57. The second-order valence-electron chi connectivity index (χ2n) is 9.85. The number of H-pyrrole nitrogens is 1. The number of aromatic amines is 1. The molecule has 0 aliphatic carbocycles. The van der Waals surface area contributed by atoms with E-state index in [-0.39, 0.29) is 11.7 Å². The van der Waals surface area contributed by atoms with Crippen LogP contribution in [0.15, 0.2) is 66.8 Å². The molecule has 1 amide bonds. The molecule has 14 nitrogen and oxygen atoms in total. The molecule has 0 atom stereocenters. The third-order valence-electron chi connectivity index (χ3n) is 6.76. The number of carbonyl (C=O) groups is 5. The van der Waals surface area contributed by atoms with Crippen molar-refractivity contribution >= 4 is 46.5 Å². The van der Waals surface area contributed by atoms with Crippen LogP contribution in [0.25, 0.3) is 10.9 Å². The number of anilines is 1. The molecule has 3 heterocycles. The van der Waals surface area contributed by atoms with Gasteiger partial charge in [-0.05, 0) is 35.7 Å². The highest BCUT2D eigenvalue weighted by molar-refractivity contribution is 5.91. The molecule has 0 spiro atoms. The standard InChI is InChI=1S/C22H24FN5O.2C4H4O4/c23-18-5-6-19-20(13-18)24-25-22(19)27-11-9-26(10-12-27)15-21(29)28-8-7-16-3-1-2-4-17(16)14-28;2*5-3(6)1-2-4(7)8/h1-6,13H,7-12,14-15H2,(H,24,25);2*1-2H,(H,5,6)(H,7,8). The SMILES string of the molecule is O=C(CN1CCN(c2n[nH]c3cc(F)ccc23)CC1)N1CCc2ccccc2C1.O=C(O)C=CC(=O)O.O=C(O)C=CC(=O)O.